The van der Waals surface area contributed by atoms with E-state index in [-0.39, 0.29) is 11.9 Å². The maximum atomic E-state index is 13.9. The summed E-state index contributed by atoms with van der Waals surface area (Å²) >= 11 is 0. The average molecular weight is 279 g/mol. The average Bonchev–Trinajstić information content (AvgIpc) is 2.92. The highest BCUT2D eigenvalue weighted by Crippen LogP contribution is 2.32. The van der Waals surface area contributed by atoms with E-state index in [4.69, 9.17) is 4.74 Å². The highest BCUT2D eigenvalue weighted by Gasteiger charge is 2.20. The molecule has 0 spiro atoms. The molecule has 1 fully saturated rings. The Morgan fingerprint density at radius 2 is 2.05 bits per heavy atom. The molecule has 0 bridgehead atoms. The molecule has 0 aromatic heterocycles. The largest absolute Gasteiger partial charge is 0.490 e. The van der Waals surface area contributed by atoms with Gasteiger partial charge in [0.2, 0.25) is 0 Å². The fourth-order valence-corrected chi connectivity index (χ4v) is 2.77. The van der Waals surface area contributed by atoms with Gasteiger partial charge in [-0.15, -0.1) is 0 Å². The second-order valence-corrected chi connectivity index (χ2v) is 5.84. The van der Waals surface area contributed by atoms with Crippen LogP contribution in [0, 0.1) is 12.7 Å². The number of nitrogens with one attached hydrogen (secondary N) is 1. The minimum absolute atomic E-state index is 0.112. The highest BCUT2D eigenvalue weighted by atomic mass is 19.1. The van der Waals surface area contributed by atoms with E-state index in [0.29, 0.717) is 11.7 Å². The van der Waals surface area contributed by atoms with Gasteiger partial charge in [0.05, 0.1) is 6.10 Å². The van der Waals surface area contributed by atoms with Crippen molar-refractivity contribution in [3.05, 3.63) is 29.1 Å². The Labute approximate surface area is 121 Å². The fraction of sp³-hybridized carbons (Fsp3) is 0.647. The molecule has 1 aliphatic rings. The Morgan fingerprint density at radius 1 is 1.35 bits per heavy atom. The summed E-state index contributed by atoms with van der Waals surface area (Å²) in [6.07, 6.45) is 6.08. The van der Waals surface area contributed by atoms with Crippen LogP contribution in [0.25, 0.3) is 0 Å². The lowest BCUT2D eigenvalue weighted by Gasteiger charge is -2.22. The SMILES string of the molecule is CCCNC(C)c1cc(F)c(C)cc1OC1CCCC1. The van der Waals surface area contributed by atoms with Gasteiger partial charge in [0.25, 0.3) is 0 Å². The molecule has 1 N–H and O–H groups in total. The molecule has 112 valence electrons. The smallest absolute Gasteiger partial charge is 0.126 e. The van der Waals surface area contributed by atoms with Crippen molar-refractivity contribution >= 4 is 0 Å². The van der Waals surface area contributed by atoms with E-state index in [1.807, 2.05) is 6.07 Å². The van der Waals surface area contributed by atoms with E-state index in [1.165, 1.54) is 12.8 Å². The minimum Gasteiger partial charge on any atom is -0.490 e. The van der Waals surface area contributed by atoms with Crippen LogP contribution in [0.3, 0.4) is 0 Å². The van der Waals surface area contributed by atoms with Gasteiger partial charge < -0.3 is 10.1 Å². The molecular weight excluding hydrogens is 253 g/mol. The standard InChI is InChI=1S/C17H26FNO/c1-4-9-19-13(3)15-11-16(18)12(2)10-17(15)20-14-7-5-6-8-14/h10-11,13-14,19H,4-9H2,1-3H3. The number of hydrogen-bond acceptors (Lipinski definition) is 2. The summed E-state index contributed by atoms with van der Waals surface area (Å²) in [6.45, 7) is 6.93. The third-order valence-electron chi connectivity index (χ3n) is 4.05. The number of aryl methyl sites for hydroxylation is 1. The van der Waals surface area contributed by atoms with Crippen LogP contribution in [0.4, 0.5) is 4.39 Å². The second-order valence-electron chi connectivity index (χ2n) is 5.84. The highest BCUT2D eigenvalue weighted by molar-refractivity contribution is 5.40. The molecule has 0 amide bonds. The molecule has 1 unspecified atom stereocenters. The first kappa shape index (κ1) is 15.3. The molecule has 1 aromatic rings. The predicted octanol–water partition coefficient (Wildman–Crippen LogP) is 4.52. The van der Waals surface area contributed by atoms with Gasteiger partial charge in [-0.2, -0.15) is 0 Å². The first-order valence-electron chi connectivity index (χ1n) is 7.82. The molecule has 3 heteroatoms. The van der Waals surface area contributed by atoms with Crippen LogP contribution in [0.15, 0.2) is 12.1 Å². The lowest BCUT2D eigenvalue weighted by Crippen LogP contribution is -2.21. The van der Waals surface area contributed by atoms with Gasteiger partial charge >= 0.3 is 0 Å². The van der Waals surface area contributed by atoms with Gasteiger partial charge in [-0.1, -0.05) is 6.92 Å². The van der Waals surface area contributed by atoms with Gasteiger partial charge in [-0.05, 0) is 70.2 Å². The van der Waals surface area contributed by atoms with Crippen LogP contribution in [-0.4, -0.2) is 12.6 Å². The van der Waals surface area contributed by atoms with Gasteiger partial charge in [0.15, 0.2) is 0 Å². The Kier molecular flexibility index (Phi) is 5.41. The summed E-state index contributed by atoms with van der Waals surface area (Å²) in [5.74, 6) is 0.704. The zero-order valence-electron chi connectivity index (χ0n) is 12.8. The maximum Gasteiger partial charge on any atom is 0.126 e. The molecule has 1 aromatic carbocycles. The Bertz CT molecular complexity index is 441. The van der Waals surface area contributed by atoms with Crippen molar-refractivity contribution in [2.75, 3.05) is 6.54 Å². The summed E-state index contributed by atoms with van der Waals surface area (Å²) in [7, 11) is 0. The summed E-state index contributed by atoms with van der Waals surface area (Å²) in [5.41, 5.74) is 1.60. The third-order valence-corrected chi connectivity index (χ3v) is 4.05. The van der Waals surface area contributed by atoms with Crippen LogP contribution in [0.5, 0.6) is 5.75 Å². The minimum atomic E-state index is -0.149. The molecule has 0 aliphatic heterocycles. The molecule has 1 saturated carbocycles. The van der Waals surface area contributed by atoms with Crippen molar-refractivity contribution in [2.45, 2.75) is 65.0 Å². The normalized spacial score (nSPS) is 17.4. The lowest BCUT2D eigenvalue weighted by molar-refractivity contribution is 0.206. The predicted molar refractivity (Wildman–Crippen MR) is 80.7 cm³/mol. The van der Waals surface area contributed by atoms with Gasteiger partial charge in [0, 0.05) is 11.6 Å². The first-order chi connectivity index (χ1) is 9.61. The van der Waals surface area contributed by atoms with Crippen LogP contribution < -0.4 is 10.1 Å². The number of halogens is 1. The fourth-order valence-electron chi connectivity index (χ4n) is 2.77. The molecule has 20 heavy (non-hydrogen) atoms. The first-order valence-corrected chi connectivity index (χ1v) is 7.82. The summed E-state index contributed by atoms with van der Waals surface area (Å²) < 4.78 is 20.0. The molecule has 0 radical (unpaired) electrons. The van der Waals surface area contributed by atoms with E-state index in [0.717, 1.165) is 37.1 Å². The van der Waals surface area contributed by atoms with E-state index in [9.17, 15) is 4.39 Å². The van der Waals surface area contributed by atoms with Gasteiger partial charge in [-0.25, -0.2) is 4.39 Å². The van der Waals surface area contributed by atoms with Crippen molar-refractivity contribution in [3.8, 4) is 5.75 Å². The molecular formula is C17H26FNO. The van der Waals surface area contributed by atoms with E-state index >= 15 is 0 Å². The molecule has 2 nitrogen and oxygen atoms in total. The zero-order valence-corrected chi connectivity index (χ0v) is 12.8. The second kappa shape index (κ2) is 7.07. The topological polar surface area (TPSA) is 21.3 Å². The number of benzene rings is 1. The van der Waals surface area contributed by atoms with E-state index in [1.54, 1.807) is 13.0 Å². The zero-order chi connectivity index (χ0) is 14.5. The van der Waals surface area contributed by atoms with Crippen molar-refractivity contribution in [2.24, 2.45) is 0 Å². The monoisotopic (exact) mass is 279 g/mol. The maximum absolute atomic E-state index is 13.9. The van der Waals surface area contributed by atoms with E-state index in [2.05, 4.69) is 19.2 Å². The summed E-state index contributed by atoms with van der Waals surface area (Å²) in [5, 5.41) is 3.41. The summed E-state index contributed by atoms with van der Waals surface area (Å²) in [6, 6.07) is 3.60. The van der Waals surface area contributed by atoms with Crippen molar-refractivity contribution in [1.82, 2.24) is 5.32 Å². The Morgan fingerprint density at radius 3 is 2.70 bits per heavy atom. The Balaban J connectivity index is 2.20. The number of rotatable bonds is 6. The molecule has 0 saturated heterocycles. The van der Waals surface area contributed by atoms with Crippen molar-refractivity contribution < 1.29 is 9.13 Å². The van der Waals surface area contributed by atoms with Crippen molar-refractivity contribution in [1.29, 1.82) is 0 Å². The van der Waals surface area contributed by atoms with Gasteiger partial charge in [0.1, 0.15) is 11.6 Å². The lowest BCUT2D eigenvalue weighted by atomic mass is 10.0. The van der Waals surface area contributed by atoms with Crippen LogP contribution >= 0.6 is 0 Å². The number of hydrogen-bond donors (Lipinski definition) is 1. The van der Waals surface area contributed by atoms with E-state index < -0.39 is 0 Å². The van der Waals surface area contributed by atoms with Gasteiger partial charge in [-0.3, -0.25) is 0 Å². The molecule has 1 atom stereocenters. The Hall–Kier alpha value is -1.09. The quantitative estimate of drug-likeness (QED) is 0.827. The van der Waals surface area contributed by atoms with Crippen LogP contribution in [-0.2, 0) is 0 Å². The number of ether oxygens (including phenoxy) is 1. The van der Waals surface area contributed by atoms with Crippen LogP contribution in [0.1, 0.15) is 63.1 Å². The third kappa shape index (κ3) is 3.72. The molecule has 2 rings (SSSR count). The molecule has 0 heterocycles. The molecule has 1 aliphatic carbocycles. The summed E-state index contributed by atoms with van der Waals surface area (Å²) in [4.78, 5) is 0. The van der Waals surface area contributed by atoms with Crippen LogP contribution in [0.2, 0.25) is 0 Å². The van der Waals surface area contributed by atoms with Crippen molar-refractivity contribution in [3.63, 3.8) is 0 Å².